The van der Waals surface area contributed by atoms with Crippen molar-refractivity contribution in [3.8, 4) is 11.5 Å². The number of benzene rings is 1. The molecule has 0 bridgehead atoms. The molecule has 2 N–H and O–H groups in total. The molecule has 17 heavy (non-hydrogen) atoms. The van der Waals surface area contributed by atoms with Crippen LogP contribution in [0.15, 0.2) is 18.2 Å². The Morgan fingerprint density at radius 3 is 3.06 bits per heavy atom. The molecule has 3 nitrogen and oxygen atoms in total. The molecule has 1 aromatic carbocycles. The van der Waals surface area contributed by atoms with Gasteiger partial charge >= 0.3 is 0 Å². The van der Waals surface area contributed by atoms with Crippen molar-refractivity contribution >= 4 is 11.8 Å². The van der Waals surface area contributed by atoms with Gasteiger partial charge in [-0.3, -0.25) is 0 Å². The first-order valence-electron chi connectivity index (χ1n) is 5.98. The summed E-state index contributed by atoms with van der Waals surface area (Å²) in [6, 6.07) is 5.54. The second-order valence-corrected chi connectivity index (χ2v) is 5.68. The summed E-state index contributed by atoms with van der Waals surface area (Å²) in [5.74, 6) is 2.04. The van der Waals surface area contributed by atoms with Gasteiger partial charge < -0.3 is 15.2 Å². The average molecular weight is 253 g/mol. The minimum Gasteiger partial charge on any atom is -0.504 e. The summed E-state index contributed by atoms with van der Waals surface area (Å²) in [4.78, 5) is 0. The topological polar surface area (TPSA) is 41.5 Å². The van der Waals surface area contributed by atoms with Gasteiger partial charge in [0.2, 0.25) is 0 Å². The van der Waals surface area contributed by atoms with Crippen LogP contribution in [0.1, 0.15) is 18.4 Å². The molecule has 94 valence electrons. The Hall–Kier alpha value is -0.870. The monoisotopic (exact) mass is 253 g/mol. The Bertz CT molecular complexity index is 364. The zero-order chi connectivity index (χ0) is 12.1. The number of phenols is 1. The van der Waals surface area contributed by atoms with E-state index < -0.39 is 0 Å². The summed E-state index contributed by atoms with van der Waals surface area (Å²) < 4.78 is 5.01. The van der Waals surface area contributed by atoms with Crippen LogP contribution in [-0.4, -0.2) is 29.8 Å². The van der Waals surface area contributed by atoms with Gasteiger partial charge in [-0.2, -0.15) is 11.8 Å². The third-order valence-corrected chi connectivity index (χ3v) is 4.37. The Balaban J connectivity index is 1.80. The molecule has 2 rings (SSSR count). The summed E-state index contributed by atoms with van der Waals surface area (Å²) >= 11 is 2.05. The van der Waals surface area contributed by atoms with Crippen LogP contribution < -0.4 is 10.1 Å². The van der Waals surface area contributed by atoms with E-state index in [1.807, 2.05) is 6.07 Å². The summed E-state index contributed by atoms with van der Waals surface area (Å²) in [6.45, 7) is 1.85. The van der Waals surface area contributed by atoms with Crippen molar-refractivity contribution in [2.75, 3.05) is 19.4 Å². The highest BCUT2D eigenvalue weighted by Crippen LogP contribution is 2.27. The van der Waals surface area contributed by atoms with Crippen LogP contribution >= 0.6 is 11.8 Å². The highest BCUT2D eigenvalue weighted by atomic mass is 32.2. The molecule has 1 aliphatic heterocycles. The maximum absolute atomic E-state index is 9.65. The smallest absolute Gasteiger partial charge is 0.160 e. The molecule has 0 aromatic heterocycles. The summed E-state index contributed by atoms with van der Waals surface area (Å²) in [6.07, 6.45) is 2.67. The van der Waals surface area contributed by atoms with Gasteiger partial charge in [0.15, 0.2) is 11.5 Å². The van der Waals surface area contributed by atoms with Crippen molar-refractivity contribution in [2.24, 2.45) is 0 Å². The second kappa shape index (κ2) is 6.17. The zero-order valence-electron chi connectivity index (χ0n) is 10.1. The van der Waals surface area contributed by atoms with Crippen LogP contribution in [0.3, 0.4) is 0 Å². The minimum atomic E-state index is 0.210. The average Bonchev–Trinajstić information content (AvgIpc) is 2.82. The molecule has 0 spiro atoms. The molecule has 0 radical (unpaired) electrons. The Morgan fingerprint density at radius 2 is 2.41 bits per heavy atom. The number of rotatable bonds is 5. The van der Waals surface area contributed by atoms with Gasteiger partial charge in [0.1, 0.15) is 0 Å². The minimum absolute atomic E-state index is 0.210. The number of thioether (sulfide) groups is 1. The molecular formula is C13H19NO2S. The Labute approximate surface area is 107 Å². The molecule has 1 fully saturated rings. The quantitative estimate of drug-likeness (QED) is 0.845. The lowest BCUT2D eigenvalue weighted by atomic mass is 10.2. The number of hydrogen-bond acceptors (Lipinski definition) is 4. The molecule has 1 unspecified atom stereocenters. The predicted octanol–water partition coefficient (Wildman–Crippen LogP) is 2.39. The van der Waals surface area contributed by atoms with Gasteiger partial charge in [-0.25, -0.2) is 0 Å². The number of aromatic hydroxyl groups is 1. The van der Waals surface area contributed by atoms with E-state index in [4.69, 9.17) is 4.74 Å². The summed E-state index contributed by atoms with van der Waals surface area (Å²) in [7, 11) is 1.56. The Morgan fingerprint density at radius 1 is 1.53 bits per heavy atom. The number of ether oxygens (including phenoxy) is 1. The lowest BCUT2D eigenvalue weighted by molar-refractivity contribution is 0.373. The SMILES string of the molecule is COc1ccc(CNCC2CCCS2)cc1O. The summed E-state index contributed by atoms with van der Waals surface area (Å²) in [5, 5.41) is 13.8. The lowest BCUT2D eigenvalue weighted by Crippen LogP contribution is -2.22. The molecule has 1 atom stereocenters. The fourth-order valence-electron chi connectivity index (χ4n) is 2.03. The maximum atomic E-state index is 9.65. The van der Waals surface area contributed by atoms with Crippen molar-refractivity contribution in [1.82, 2.24) is 5.32 Å². The molecule has 1 saturated heterocycles. The maximum Gasteiger partial charge on any atom is 0.160 e. The molecule has 1 aromatic rings. The zero-order valence-corrected chi connectivity index (χ0v) is 10.9. The van der Waals surface area contributed by atoms with Crippen molar-refractivity contribution in [1.29, 1.82) is 0 Å². The number of hydrogen-bond donors (Lipinski definition) is 2. The third kappa shape index (κ3) is 3.54. The van der Waals surface area contributed by atoms with Gasteiger partial charge in [-0.05, 0) is 36.3 Å². The molecule has 0 amide bonds. The summed E-state index contributed by atoms with van der Waals surface area (Å²) in [5.41, 5.74) is 1.09. The third-order valence-electron chi connectivity index (χ3n) is 2.97. The van der Waals surface area contributed by atoms with Crippen molar-refractivity contribution in [2.45, 2.75) is 24.6 Å². The predicted molar refractivity (Wildman–Crippen MR) is 71.8 cm³/mol. The molecule has 0 aliphatic carbocycles. The van der Waals surface area contributed by atoms with Gasteiger partial charge in [0.05, 0.1) is 7.11 Å². The fourth-order valence-corrected chi connectivity index (χ4v) is 3.26. The van der Waals surface area contributed by atoms with E-state index >= 15 is 0 Å². The van der Waals surface area contributed by atoms with Crippen LogP contribution in [0.2, 0.25) is 0 Å². The fraction of sp³-hybridized carbons (Fsp3) is 0.538. The van der Waals surface area contributed by atoms with E-state index in [0.29, 0.717) is 5.75 Å². The van der Waals surface area contributed by atoms with E-state index in [0.717, 1.165) is 23.9 Å². The number of methoxy groups -OCH3 is 1. The molecular weight excluding hydrogens is 234 g/mol. The van der Waals surface area contributed by atoms with Crippen molar-refractivity contribution < 1.29 is 9.84 Å². The number of phenolic OH excluding ortho intramolecular Hbond substituents is 1. The van der Waals surface area contributed by atoms with E-state index in [1.54, 1.807) is 19.2 Å². The van der Waals surface area contributed by atoms with Gasteiger partial charge in [-0.15, -0.1) is 0 Å². The van der Waals surface area contributed by atoms with Gasteiger partial charge in [0, 0.05) is 18.3 Å². The molecule has 1 aliphatic rings. The molecule has 1 heterocycles. The normalized spacial score (nSPS) is 19.5. The standard InChI is InChI=1S/C13H19NO2S/c1-16-13-5-4-10(7-12(13)15)8-14-9-11-3-2-6-17-11/h4-5,7,11,14-15H,2-3,6,8-9H2,1H3. The van der Waals surface area contributed by atoms with E-state index in [1.165, 1.54) is 18.6 Å². The lowest BCUT2D eigenvalue weighted by Gasteiger charge is -2.11. The first kappa shape index (κ1) is 12.6. The van der Waals surface area contributed by atoms with E-state index in [-0.39, 0.29) is 5.75 Å². The van der Waals surface area contributed by atoms with Gasteiger partial charge in [0.25, 0.3) is 0 Å². The van der Waals surface area contributed by atoms with Crippen LogP contribution in [0.5, 0.6) is 11.5 Å². The van der Waals surface area contributed by atoms with Crippen molar-refractivity contribution in [3.05, 3.63) is 23.8 Å². The largest absolute Gasteiger partial charge is 0.504 e. The highest BCUT2D eigenvalue weighted by molar-refractivity contribution is 8.00. The van der Waals surface area contributed by atoms with E-state index in [2.05, 4.69) is 17.1 Å². The molecule has 4 heteroatoms. The van der Waals surface area contributed by atoms with Crippen LogP contribution in [-0.2, 0) is 6.54 Å². The van der Waals surface area contributed by atoms with Crippen LogP contribution in [0.4, 0.5) is 0 Å². The second-order valence-electron chi connectivity index (χ2n) is 4.27. The van der Waals surface area contributed by atoms with Crippen LogP contribution in [0.25, 0.3) is 0 Å². The van der Waals surface area contributed by atoms with Crippen molar-refractivity contribution in [3.63, 3.8) is 0 Å². The van der Waals surface area contributed by atoms with Gasteiger partial charge in [-0.1, -0.05) is 6.07 Å². The number of nitrogens with one attached hydrogen (secondary N) is 1. The Kier molecular flexibility index (Phi) is 4.57. The highest BCUT2D eigenvalue weighted by Gasteiger charge is 2.14. The molecule has 0 saturated carbocycles. The first-order chi connectivity index (χ1) is 8.29. The van der Waals surface area contributed by atoms with E-state index in [9.17, 15) is 5.11 Å². The first-order valence-corrected chi connectivity index (χ1v) is 7.02. The van der Waals surface area contributed by atoms with Crippen LogP contribution in [0, 0.1) is 0 Å².